The SMILES string of the molecule is Cc1ccc(Nc2cc([N+](=O)[O-])ccc2N)c(O)c1. The maximum absolute atomic E-state index is 10.7. The Hall–Kier alpha value is -2.76. The Morgan fingerprint density at radius 2 is 1.95 bits per heavy atom. The molecule has 0 heterocycles. The molecule has 0 radical (unpaired) electrons. The number of nitrogen functional groups attached to an aromatic ring is 1. The first kappa shape index (κ1) is 12.7. The topological polar surface area (TPSA) is 101 Å². The highest BCUT2D eigenvalue weighted by Crippen LogP contribution is 2.32. The van der Waals surface area contributed by atoms with Gasteiger partial charge < -0.3 is 16.2 Å². The third-order valence-corrected chi connectivity index (χ3v) is 2.67. The van der Waals surface area contributed by atoms with E-state index in [1.54, 1.807) is 12.1 Å². The summed E-state index contributed by atoms with van der Waals surface area (Å²) in [4.78, 5) is 10.2. The Kier molecular flexibility index (Phi) is 3.24. The lowest BCUT2D eigenvalue weighted by molar-refractivity contribution is -0.384. The minimum atomic E-state index is -0.500. The van der Waals surface area contributed by atoms with Gasteiger partial charge in [0.1, 0.15) is 5.75 Å². The second-order valence-electron chi connectivity index (χ2n) is 4.17. The molecule has 19 heavy (non-hydrogen) atoms. The predicted molar refractivity (Wildman–Crippen MR) is 73.6 cm³/mol. The van der Waals surface area contributed by atoms with E-state index >= 15 is 0 Å². The predicted octanol–water partition coefficient (Wildman–Crippen LogP) is 2.93. The molecule has 2 rings (SSSR count). The van der Waals surface area contributed by atoms with E-state index in [0.29, 0.717) is 17.1 Å². The molecule has 0 saturated heterocycles. The lowest BCUT2D eigenvalue weighted by atomic mass is 10.2. The molecule has 0 aliphatic rings. The molecule has 0 amide bonds. The van der Waals surface area contributed by atoms with Crippen molar-refractivity contribution in [3.8, 4) is 5.75 Å². The summed E-state index contributed by atoms with van der Waals surface area (Å²) < 4.78 is 0. The van der Waals surface area contributed by atoms with Gasteiger partial charge >= 0.3 is 0 Å². The molecule has 0 aromatic heterocycles. The van der Waals surface area contributed by atoms with Crippen LogP contribution in [-0.4, -0.2) is 10.0 Å². The highest BCUT2D eigenvalue weighted by molar-refractivity contribution is 5.77. The number of rotatable bonds is 3. The molecule has 0 atom stereocenters. The Morgan fingerprint density at radius 1 is 1.21 bits per heavy atom. The molecule has 0 spiro atoms. The van der Waals surface area contributed by atoms with Crippen molar-refractivity contribution in [3.63, 3.8) is 0 Å². The van der Waals surface area contributed by atoms with E-state index in [-0.39, 0.29) is 11.4 Å². The maximum atomic E-state index is 10.7. The van der Waals surface area contributed by atoms with Crippen molar-refractivity contribution in [3.05, 3.63) is 52.1 Å². The molecule has 98 valence electrons. The van der Waals surface area contributed by atoms with Crippen LogP contribution in [0.4, 0.5) is 22.7 Å². The van der Waals surface area contributed by atoms with Gasteiger partial charge in [-0.25, -0.2) is 0 Å². The Balaban J connectivity index is 2.37. The van der Waals surface area contributed by atoms with E-state index in [2.05, 4.69) is 5.32 Å². The van der Waals surface area contributed by atoms with Crippen LogP contribution in [0.3, 0.4) is 0 Å². The Bertz CT molecular complexity index is 641. The van der Waals surface area contributed by atoms with Crippen LogP contribution in [0, 0.1) is 17.0 Å². The molecule has 0 saturated carbocycles. The number of benzene rings is 2. The van der Waals surface area contributed by atoms with Gasteiger partial charge in [0.25, 0.3) is 5.69 Å². The molecule has 6 nitrogen and oxygen atoms in total. The second-order valence-corrected chi connectivity index (χ2v) is 4.17. The zero-order valence-corrected chi connectivity index (χ0v) is 10.3. The summed E-state index contributed by atoms with van der Waals surface area (Å²) in [5.41, 5.74) is 7.79. The van der Waals surface area contributed by atoms with Gasteiger partial charge in [-0.15, -0.1) is 0 Å². The van der Waals surface area contributed by atoms with Crippen LogP contribution in [-0.2, 0) is 0 Å². The van der Waals surface area contributed by atoms with Crippen LogP contribution in [0.25, 0.3) is 0 Å². The normalized spacial score (nSPS) is 10.2. The average molecular weight is 259 g/mol. The molecular formula is C13H13N3O3. The van der Waals surface area contributed by atoms with E-state index in [1.807, 2.05) is 13.0 Å². The summed E-state index contributed by atoms with van der Waals surface area (Å²) in [6.45, 7) is 1.85. The number of non-ortho nitro benzene ring substituents is 1. The van der Waals surface area contributed by atoms with Crippen LogP contribution >= 0.6 is 0 Å². The number of anilines is 3. The quantitative estimate of drug-likeness (QED) is 0.340. The van der Waals surface area contributed by atoms with Crippen LogP contribution in [0.5, 0.6) is 5.75 Å². The number of nitrogens with zero attached hydrogens (tertiary/aromatic N) is 1. The van der Waals surface area contributed by atoms with E-state index < -0.39 is 4.92 Å². The third-order valence-electron chi connectivity index (χ3n) is 2.67. The van der Waals surface area contributed by atoms with Crippen molar-refractivity contribution in [2.24, 2.45) is 0 Å². The minimum absolute atomic E-state index is 0.0610. The van der Waals surface area contributed by atoms with E-state index in [9.17, 15) is 15.2 Å². The summed E-state index contributed by atoms with van der Waals surface area (Å²) >= 11 is 0. The van der Waals surface area contributed by atoms with Gasteiger partial charge in [-0.05, 0) is 30.7 Å². The smallest absolute Gasteiger partial charge is 0.271 e. The van der Waals surface area contributed by atoms with Crippen LogP contribution in [0.2, 0.25) is 0 Å². The molecule has 2 aromatic carbocycles. The molecule has 6 heteroatoms. The largest absolute Gasteiger partial charge is 0.506 e. The van der Waals surface area contributed by atoms with Crippen molar-refractivity contribution in [2.45, 2.75) is 6.92 Å². The van der Waals surface area contributed by atoms with Crippen molar-refractivity contribution in [1.29, 1.82) is 0 Å². The maximum Gasteiger partial charge on any atom is 0.271 e. The number of hydrogen-bond acceptors (Lipinski definition) is 5. The van der Waals surface area contributed by atoms with Crippen molar-refractivity contribution >= 4 is 22.7 Å². The van der Waals surface area contributed by atoms with Crippen molar-refractivity contribution in [2.75, 3.05) is 11.1 Å². The number of aryl methyl sites for hydroxylation is 1. The van der Waals surface area contributed by atoms with Gasteiger partial charge in [-0.2, -0.15) is 0 Å². The van der Waals surface area contributed by atoms with Crippen LogP contribution in [0.15, 0.2) is 36.4 Å². The lowest BCUT2D eigenvalue weighted by Crippen LogP contribution is -1.98. The number of aromatic hydroxyl groups is 1. The van der Waals surface area contributed by atoms with E-state index in [4.69, 9.17) is 5.73 Å². The molecule has 2 aromatic rings. The fourth-order valence-corrected chi connectivity index (χ4v) is 1.66. The average Bonchev–Trinajstić information content (AvgIpc) is 2.34. The number of nitro groups is 1. The second kappa shape index (κ2) is 4.85. The van der Waals surface area contributed by atoms with Crippen LogP contribution < -0.4 is 11.1 Å². The first-order valence-electron chi connectivity index (χ1n) is 5.58. The van der Waals surface area contributed by atoms with Gasteiger partial charge in [-0.1, -0.05) is 6.07 Å². The number of nitro benzene ring substituents is 1. The number of nitrogens with two attached hydrogens (primary N) is 1. The molecule has 0 aliphatic heterocycles. The first-order chi connectivity index (χ1) is 8.97. The van der Waals surface area contributed by atoms with Crippen LogP contribution in [0.1, 0.15) is 5.56 Å². The molecular weight excluding hydrogens is 246 g/mol. The lowest BCUT2D eigenvalue weighted by Gasteiger charge is -2.11. The van der Waals surface area contributed by atoms with Crippen molar-refractivity contribution < 1.29 is 10.0 Å². The molecule has 0 fully saturated rings. The fourth-order valence-electron chi connectivity index (χ4n) is 1.66. The summed E-state index contributed by atoms with van der Waals surface area (Å²) in [5.74, 6) is 0.0610. The Labute approximate surface area is 109 Å². The van der Waals surface area contributed by atoms with E-state index in [0.717, 1.165) is 5.56 Å². The monoisotopic (exact) mass is 259 g/mol. The summed E-state index contributed by atoms with van der Waals surface area (Å²) in [5, 5.41) is 23.4. The van der Waals surface area contributed by atoms with Gasteiger partial charge in [-0.3, -0.25) is 10.1 Å². The third kappa shape index (κ3) is 2.74. The minimum Gasteiger partial charge on any atom is -0.506 e. The van der Waals surface area contributed by atoms with Gasteiger partial charge in [0.2, 0.25) is 0 Å². The zero-order chi connectivity index (χ0) is 14.0. The summed E-state index contributed by atoms with van der Waals surface area (Å²) in [7, 11) is 0. The van der Waals surface area contributed by atoms with Gasteiger partial charge in [0.15, 0.2) is 0 Å². The number of phenols is 1. The van der Waals surface area contributed by atoms with Gasteiger partial charge in [0.05, 0.1) is 22.0 Å². The fraction of sp³-hybridized carbons (Fsp3) is 0.0769. The number of phenolic OH excluding ortho intramolecular Hbond substituents is 1. The molecule has 0 unspecified atom stereocenters. The Morgan fingerprint density at radius 3 is 2.58 bits per heavy atom. The highest BCUT2D eigenvalue weighted by atomic mass is 16.6. The number of hydrogen-bond donors (Lipinski definition) is 3. The summed E-state index contributed by atoms with van der Waals surface area (Å²) in [6, 6.07) is 9.20. The number of nitrogens with one attached hydrogen (secondary N) is 1. The first-order valence-corrected chi connectivity index (χ1v) is 5.58. The van der Waals surface area contributed by atoms with Gasteiger partial charge in [0, 0.05) is 12.1 Å². The summed E-state index contributed by atoms with van der Waals surface area (Å²) in [6.07, 6.45) is 0. The zero-order valence-electron chi connectivity index (χ0n) is 10.3. The standard InChI is InChI=1S/C13H13N3O3/c1-8-2-5-11(13(17)6-8)15-12-7-9(16(18)19)3-4-10(12)14/h2-7,15,17H,14H2,1H3. The van der Waals surface area contributed by atoms with E-state index in [1.165, 1.54) is 18.2 Å². The highest BCUT2D eigenvalue weighted by Gasteiger charge is 2.10. The molecule has 4 N–H and O–H groups in total. The molecule has 0 bridgehead atoms. The molecule has 0 aliphatic carbocycles. The van der Waals surface area contributed by atoms with Crippen molar-refractivity contribution in [1.82, 2.24) is 0 Å².